The predicted molar refractivity (Wildman–Crippen MR) is 95.1 cm³/mol. The van der Waals surface area contributed by atoms with Crippen molar-refractivity contribution in [1.82, 2.24) is 5.32 Å². The molecule has 1 heterocycles. The lowest BCUT2D eigenvalue weighted by atomic mass is 10.1. The molecule has 24 heavy (non-hydrogen) atoms. The first-order valence-corrected chi connectivity index (χ1v) is 8.41. The van der Waals surface area contributed by atoms with Crippen LogP contribution >= 0.6 is 11.6 Å². The normalized spacial score (nSPS) is 17.1. The Morgan fingerprint density at radius 1 is 1.12 bits per heavy atom. The number of nitrogens with one attached hydrogen (secondary N) is 1. The fourth-order valence-electron chi connectivity index (χ4n) is 2.89. The zero-order valence-electron chi connectivity index (χ0n) is 13.2. The average Bonchev–Trinajstić information content (AvgIpc) is 2.99. The fourth-order valence-corrected chi connectivity index (χ4v) is 3.02. The summed E-state index contributed by atoms with van der Waals surface area (Å²) in [5.74, 6) is -0.895. The molecule has 4 nitrogen and oxygen atoms in total. The van der Waals surface area contributed by atoms with E-state index >= 15 is 0 Å². The van der Waals surface area contributed by atoms with Crippen LogP contribution in [0.15, 0.2) is 54.6 Å². The van der Waals surface area contributed by atoms with Crippen LogP contribution in [0.1, 0.15) is 12.0 Å². The van der Waals surface area contributed by atoms with E-state index in [2.05, 4.69) is 5.32 Å². The van der Waals surface area contributed by atoms with Crippen molar-refractivity contribution in [3.05, 3.63) is 65.2 Å². The van der Waals surface area contributed by atoms with Gasteiger partial charge in [0.05, 0.1) is 0 Å². The molecule has 1 fully saturated rings. The minimum absolute atomic E-state index is 0.120. The van der Waals surface area contributed by atoms with E-state index in [-0.39, 0.29) is 11.8 Å². The van der Waals surface area contributed by atoms with Crippen LogP contribution in [0.3, 0.4) is 0 Å². The van der Waals surface area contributed by atoms with Crippen LogP contribution in [-0.4, -0.2) is 24.9 Å². The molecule has 1 unspecified atom stereocenters. The second-order valence-electron chi connectivity index (χ2n) is 5.83. The summed E-state index contributed by atoms with van der Waals surface area (Å²) < 4.78 is 0. The molecule has 0 aromatic heterocycles. The van der Waals surface area contributed by atoms with Crippen molar-refractivity contribution in [2.45, 2.75) is 12.8 Å². The van der Waals surface area contributed by atoms with Gasteiger partial charge in [0.2, 0.25) is 11.8 Å². The average molecular weight is 343 g/mol. The molecule has 0 saturated carbocycles. The van der Waals surface area contributed by atoms with Crippen molar-refractivity contribution in [3.8, 4) is 0 Å². The van der Waals surface area contributed by atoms with Crippen molar-refractivity contribution >= 4 is 29.1 Å². The van der Waals surface area contributed by atoms with Crippen molar-refractivity contribution < 1.29 is 9.59 Å². The maximum Gasteiger partial charge on any atom is 0.239 e. The van der Waals surface area contributed by atoms with Crippen molar-refractivity contribution in [2.75, 3.05) is 18.0 Å². The maximum atomic E-state index is 12.5. The minimum atomic E-state index is -0.588. The van der Waals surface area contributed by atoms with E-state index in [0.717, 1.165) is 11.3 Å². The molecular weight excluding hydrogens is 324 g/mol. The zero-order chi connectivity index (χ0) is 16.9. The van der Waals surface area contributed by atoms with Gasteiger partial charge in [-0.1, -0.05) is 41.9 Å². The SMILES string of the molecule is O=C(NCCc1ccc(Cl)cc1)C1CCN(c2ccccc2)C1=O. The van der Waals surface area contributed by atoms with Gasteiger partial charge in [-0.3, -0.25) is 9.59 Å². The monoisotopic (exact) mass is 342 g/mol. The van der Waals surface area contributed by atoms with Gasteiger partial charge in [-0.05, 0) is 42.7 Å². The number of halogens is 1. The third kappa shape index (κ3) is 3.77. The van der Waals surface area contributed by atoms with Gasteiger partial charge in [-0.15, -0.1) is 0 Å². The second-order valence-corrected chi connectivity index (χ2v) is 6.27. The van der Waals surface area contributed by atoms with Crippen LogP contribution in [0.5, 0.6) is 0 Å². The van der Waals surface area contributed by atoms with Gasteiger partial charge in [0.15, 0.2) is 0 Å². The van der Waals surface area contributed by atoms with E-state index in [1.54, 1.807) is 4.90 Å². The molecule has 0 bridgehead atoms. The van der Waals surface area contributed by atoms with Gasteiger partial charge < -0.3 is 10.2 Å². The Hall–Kier alpha value is -2.33. The van der Waals surface area contributed by atoms with E-state index in [4.69, 9.17) is 11.6 Å². The van der Waals surface area contributed by atoms with Gasteiger partial charge in [-0.2, -0.15) is 0 Å². The highest BCUT2D eigenvalue weighted by Crippen LogP contribution is 2.25. The molecule has 1 aliphatic heterocycles. The Morgan fingerprint density at radius 2 is 1.83 bits per heavy atom. The summed E-state index contributed by atoms with van der Waals surface area (Å²) in [4.78, 5) is 26.4. The maximum absolute atomic E-state index is 12.5. The molecular formula is C19H19ClN2O2. The van der Waals surface area contributed by atoms with Crippen LogP contribution in [-0.2, 0) is 16.0 Å². The number of para-hydroxylation sites is 1. The zero-order valence-corrected chi connectivity index (χ0v) is 14.0. The highest BCUT2D eigenvalue weighted by atomic mass is 35.5. The second kappa shape index (κ2) is 7.49. The molecule has 1 N–H and O–H groups in total. The lowest BCUT2D eigenvalue weighted by Crippen LogP contribution is -2.37. The Kier molecular flexibility index (Phi) is 5.16. The molecule has 0 aliphatic carbocycles. The largest absolute Gasteiger partial charge is 0.355 e. The number of rotatable bonds is 5. The van der Waals surface area contributed by atoms with E-state index in [0.29, 0.717) is 31.0 Å². The molecule has 2 aromatic carbocycles. The number of anilines is 1. The lowest BCUT2D eigenvalue weighted by Gasteiger charge is -2.16. The van der Waals surface area contributed by atoms with E-state index in [9.17, 15) is 9.59 Å². The number of hydrogen-bond donors (Lipinski definition) is 1. The summed E-state index contributed by atoms with van der Waals surface area (Å²) in [5.41, 5.74) is 1.95. The Morgan fingerprint density at radius 3 is 2.54 bits per heavy atom. The summed E-state index contributed by atoms with van der Waals surface area (Å²) in [6.07, 6.45) is 1.27. The molecule has 0 spiro atoms. The smallest absolute Gasteiger partial charge is 0.239 e. The lowest BCUT2D eigenvalue weighted by molar-refractivity contribution is -0.132. The highest BCUT2D eigenvalue weighted by Gasteiger charge is 2.37. The van der Waals surface area contributed by atoms with E-state index in [1.807, 2.05) is 54.6 Å². The number of hydrogen-bond acceptors (Lipinski definition) is 2. The van der Waals surface area contributed by atoms with E-state index < -0.39 is 5.92 Å². The predicted octanol–water partition coefficient (Wildman–Crippen LogP) is 3.05. The molecule has 2 aromatic rings. The molecule has 3 rings (SSSR count). The van der Waals surface area contributed by atoms with E-state index in [1.165, 1.54) is 0 Å². The Labute approximate surface area is 146 Å². The van der Waals surface area contributed by atoms with Crippen molar-refractivity contribution in [2.24, 2.45) is 5.92 Å². The van der Waals surface area contributed by atoms with Crippen molar-refractivity contribution in [3.63, 3.8) is 0 Å². The van der Waals surface area contributed by atoms with Crippen molar-refractivity contribution in [1.29, 1.82) is 0 Å². The number of benzene rings is 2. The molecule has 2 amide bonds. The van der Waals surface area contributed by atoms with Crippen LogP contribution in [0.2, 0.25) is 5.02 Å². The van der Waals surface area contributed by atoms with Gasteiger partial charge in [0.1, 0.15) is 5.92 Å². The Balaban J connectivity index is 1.52. The van der Waals surface area contributed by atoms with Crippen LogP contribution in [0.4, 0.5) is 5.69 Å². The van der Waals surface area contributed by atoms with Crippen LogP contribution in [0, 0.1) is 5.92 Å². The summed E-state index contributed by atoms with van der Waals surface area (Å²) in [7, 11) is 0. The number of carbonyl (C=O) groups is 2. The highest BCUT2D eigenvalue weighted by molar-refractivity contribution is 6.30. The first-order valence-electron chi connectivity index (χ1n) is 8.04. The first kappa shape index (κ1) is 16.5. The van der Waals surface area contributed by atoms with Crippen LogP contribution < -0.4 is 10.2 Å². The number of carbonyl (C=O) groups excluding carboxylic acids is 2. The van der Waals surface area contributed by atoms with Gasteiger partial charge in [0, 0.05) is 23.8 Å². The van der Waals surface area contributed by atoms with Crippen LogP contribution in [0.25, 0.3) is 0 Å². The summed E-state index contributed by atoms with van der Waals surface area (Å²) in [6, 6.07) is 17.0. The van der Waals surface area contributed by atoms with Gasteiger partial charge in [-0.25, -0.2) is 0 Å². The quantitative estimate of drug-likeness (QED) is 0.849. The molecule has 1 saturated heterocycles. The van der Waals surface area contributed by atoms with Gasteiger partial charge in [0.25, 0.3) is 0 Å². The standard InChI is InChI=1S/C19H19ClN2O2/c20-15-8-6-14(7-9-15)10-12-21-18(23)17-11-13-22(19(17)24)16-4-2-1-3-5-16/h1-9,17H,10-13H2,(H,21,23). The first-order chi connectivity index (χ1) is 11.6. The minimum Gasteiger partial charge on any atom is -0.355 e. The molecule has 124 valence electrons. The summed E-state index contributed by atoms with van der Waals surface area (Å²) in [5, 5.41) is 3.57. The Bertz CT molecular complexity index is 716. The third-order valence-corrected chi connectivity index (χ3v) is 4.47. The summed E-state index contributed by atoms with van der Waals surface area (Å²) >= 11 is 5.85. The molecule has 5 heteroatoms. The molecule has 1 aliphatic rings. The number of amides is 2. The fraction of sp³-hybridized carbons (Fsp3) is 0.263. The van der Waals surface area contributed by atoms with Gasteiger partial charge >= 0.3 is 0 Å². The topological polar surface area (TPSA) is 49.4 Å². The number of nitrogens with zero attached hydrogens (tertiary/aromatic N) is 1. The third-order valence-electron chi connectivity index (χ3n) is 4.22. The molecule has 0 radical (unpaired) electrons. The molecule has 1 atom stereocenters. The summed E-state index contributed by atoms with van der Waals surface area (Å²) in [6.45, 7) is 1.09.